The minimum absolute atomic E-state index is 0.0254. The third-order valence-corrected chi connectivity index (χ3v) is 5.47. The summed E-state index contributed by atoms with van der Waals surface area (Å²) in [5.74, 6) is 1.35. The molecule has 5 nitrogen and oxygen atoms in total. The lowest BCUT2D eigenvalue weighted by molar-refractivity contribution is -0.118. The molecule has 6 heteroatoms. The molecule has 146 valence electrons. The number of rotatable bonds is 10. The predicted octanol–water partition coefficient (Wildman–Crippen LogP) is 3.53. The maximum absolute atomic E-state index is 12.1. The molecule has 0 aliphatic heterocycles. The third kappa shape index (κ3) is 5.96. The molecular formula is C22H26N4OS. The smallest absolute Gasteiger partial charge is 0.230 e. The molecule has 1 amide bonds. The van der Waals surface area contributed by atoms with Gasteiger partial charge in [0.05, 0.1) is 5.75 Å². The lowest BCUT2D eigenvalue weighted by Crippen LogP contribution is -2.27. The molecule has 0 unspecified atom stereocenters. The Kier molecular flexibility index (Phi) is 7.67. The molecule has 3 aromatic rings. The van der Waals surface area contributed by atoms with Gasteiger partial charge in [0.25, 0.3) is 0 Å². The van der Waals surface area contributed by atoms with Crippen molar-refractivity contribution in [1.29, 1.82) is 0 Å². The van der Waals surface area contributed by atoms with Crippen molar-refractivity contribution >= 4 is 17.7 Å². The number of nitrogens with one attached hydrogen (secondary N) is 1. The fourth-order valence-corrected chi connectivity index (χ4v) is 3.85. The van der Waals surface area contributed by atoms with Gasteiger partial charge in [-0.3, -0.25) is 4.79 Å². The van der Waals surface area contributed by atoms with Crippen LogP contribution in [0.1, 0.15) is 23.9 Å². The van der Waals surface area contributed by atoms with Crippen LogP contribution in [0.2, 0.25) is 0 Å². The Morgan fingerprint density at radius 2 is 1.57 bits per heavy atom. The summed E-state index contributed by atoms with van der Waals surface area (Å²) in [6, 6.07) is 20.6. The average molecular weight is 395 g/mol. The van der Waals surface area contributed by atoms with Crippen LogP contribution < -0.4 is 5.32 Å². The van der Waals surface area contributed by atoms with Crippen LogP contribution in [0.3, 0.4) is 0 Å². The van der Waals surface area contributed by atoms with Gasteiger partial charge in [-0.15, -0.1) is 10.2 Å². The summed E-state index contributed by atoms with van der Waals surface area (Å²) in [5, 5.41) is 12.4. The van der Waals surface area contributed by atoms with E-state index in [2.05, 4.69) is 63.4 Å². The van der Waals surface area contributed by atoms with Crippen molar-refractivity contribution in [2.45, 2.75) is 37.9 Å². The van der Waals surface area contributed by atoms with Gasteiger partial charge in [-0.05, 0) is 30.9 Å². The molecule has 0 aliphatic carbocycles. The van der Waals surface area contributed by atoms with Crippen molar-refractivity contribution in [3.8, 4) is 0 Å². The molecule has 2 aromatic carbocycles. The normalized spacial score (nSPS) is 10.8. The molecule has 1 N–H and O–H groups in total. The van der Waals surface area contributed by atoms with E-state index in [9.17, 15) is 4.79 Å². The van der Waals surface area contributed by atoms with Crippen LogP contribution in [0, 0.1) is 0 Å². The average Bonchev–Trinajstić information content (AvgIpc) is 3.14. The second kappa shape index (κ2) is 10.7. The lowest BCUT2D eigenvalue weighted by Gasteiger charge is -2.08. The number of aryl methyl sites for hydroxylation is 2. The lowest BCUT2D eigenvalue weighted by atomic mass is 10.1. The maximum atomic E-state index is 12.1. The zero-order valence-corrected chi connectivity index (χ0v) is 17.0. The standard InChI is InChI=1S/C22H26N4OS/c1-2-26-20(14-13-18-9-5-3-6-10-18)24-25-22(26)28-17-21(27)23-16-15-19-11-7-4-8-12-19/h3-12H,2,13-17H2,1H3,(H,23,27). The van der Waals surface area contributed by atoms with Crippen molar-refractivity contribution in [3.63, 3.8) is 0 Å². The number of amides is 1. The summed E-state index contributed by atoms with van der Waals surface area (Å²) < 4.78 is 2.10. The Morgan fingerprint density at radius 3 is 2.21 bits per heavy atom. The second-order valence-corrected chi connectivity index (χ2v) is 7.45. The first-order chi connectivity index (χ1) is 13.8. The minimum Gasteiger partial charge on any atom is -0.355 e. The van der Waals surface area contributed by atoms with Crippen LogP contribution in [-0.4, -0.2) is 33.0 Å². The van der Waals surface area contributed by atoms with E-state index in [-0.39, 0.29) is 5.91 Å². The Balaban J connectivity index is 1.46. The number of aromatic nitrogens is 3. The van der Waals surface area contributed by atoms with Gasteiger partial charge >= 0.3 is 0 Å². The van der Waals surface area contributed by atoms with Crippen LogP contribution in [0.25, 0.3) is 0 Å². The molecule has 3 rings (SSSR count). The summed E-state index contributed by atoms with van der Waals surface area (Å²) >= 11 is 1.45. The second-order valence-electron chi connectivity index (χ2n) is 6.50. The van der Waals surface area contributed by atoms with Crippen LogP contribution in [0.5, 0.6) is 0 Å². The first kappa shape index (κ1) is 20.1. The van der Waals surface area contributed by atoms with Crippen LogP contribution in [0.15, 0.2) is 65.8 Å². The number of carbonyl (C=O) groups excluding carboxylic acids is 1. The fraction of sp³-hybridized carbons (Fsp3) is 0.318. The SMILES string of the molecule is CCn1c(CCc2ccccc2)nnc1SCC(=O)NCCc1ccccc1. The van der Waals surface area contributed by atoms with Gasteiger partial charge in [-0.1, -0.05) is 72.4 Å². The van der Waals surface area contributed by atoms with Crippen molar-refractivity contribution < 1.29 is 4.79 Å². The summed E-state index contributed by atoms with van der Waals surface area (Å²) in [7, 11) is 0. The summed E-state index contributed by atoms with van der Waals surface area (Å²) in [6.07, 6.45) is 2.62. The Bertz CT molecular complexity index is 865. The molecule has 0 bridgehead atoms. The fourth-order valence-electron chi connectivity index (χ4n) is 3.00. The molecular weight excluding hydrogens is 368 g/mol. The molecule has 0 aliphatic rings. The number of nitrogens with zero attached hydrogens (tertiary/aromatic N) is 3. The van der Waals surface area contributed by atoms with E-state index >= 15 is 0 Å². The van der Waals surface area contributed by atoms with Gasteiger partial charge < -0.3 is 9.88 Å². The molecule has 1 aromatic heterocycles. The molecule has 0 fully saturated rings. The van der Waals surface area contributed by atoms with Crippen LogP contribution in [0.4, 0.5) is 0 Å². The molecule has 1 heterocycles. The molecule has 0 radical (unpaired) electrons. The number of hydrogen-bond acceptors (Lipinski definition) is 4. The first-order valence-electron chi connectivity index (χ1n) is 9.65. The highest BCUT2D eigenvalue weighted by molar-refractivity contribution is 7.99. The quantitative estimate of drug-likeness (QED) is 0.535. The molecule has 28 heavy (non-hydrogen) atoms. The van der Waals surface area contributed by atoms with Gasteiger partial charge in [0.2, 0.25) is 5.91 Å². The largest absolute Gasteiger partial charge is 0.355 e. The number of carbonyl (C=O) groups is 1. The van der Waals surface area contributed by atoms with Crippen LogP contribution in [-0.2, 0) is 30.6 Å². The highest BCUT2D eigenvalue weighted by atomic mass is 32.2. The number of benzene rings is 2. The monoisotopic (exact) mass is 394 g/mol. The van der Waals surface area contributed by atoms with Crippen molar-refractivity contribution in [2.24, 2.45) is 0 Å². The first-order valence-corrected chi connectivity index (χ1v) is 10.6. The van der Waals surface area contributed by atoms with E-state index in [0.29, 0.717) is 12.3 Å². The van der Waals surface area contributed by atoms with E-state index < -0.39 is 0 Å². The molecule has 0 atom stereocenters. The van der Waals surface area contributed by atoms with E-state index in [0.717, 1.165) is 36.8 Å². The molecule has 0 saturated heterocycles. The van der Waals surface area contributed by atoms with E-state index in [1.54, 1.807) is 0 Å². The van der Waals surface area contributed by atoms with Gasteiger partial charge in [-0.25, -0.2) is 0 Å². The zero-order chi connectivity index (χ0) is 19.6. The van der Waals surface area contributed by atoms with E-state index in [4.69, 9.17) is 0 Å². The Morgan fingerprint density at radius 1 is 0.929 bits per heavy atom. The number of thioether (sulfide) groups is 1. The summed E-state index contributed by atoms with van der Waals surface area (Å²) in [6.45, 7) is 3.53. The van der Waals surface area contributed by atoms with Gasteiger partial charge in [0.1, 0.15) is 5.82 Å². The Hall–Kier alpha value is -2.60. The topological polar surface area (TPSA) is 59.8 Å². The zero-order valence-electron chi connectivity index (χ0n) is 16.2. The van der Waals surface area contributed by atoms with Gasteiger partial charge in [0, 0.05) is 19.5 Å². The van der Waals surface area contributed by atoms with Crippen molar-refractivity contribution in [2.75, 3.05) is 12.3 Å². The highest BCUT2D eigenvalue weighted by Gasteiger charge is 2.13. The van der Waals surface area contributed by atoms with Crippen LogP contribution >= 0.6 is 11.8 Å². The van der Waals surface area contributed by atoms with Crippen molar-refractivity contribution in [1.82, 2.24) is 20.1 Å². The van der Waals surface area contributed by atoms with E-state index in [1.807, 2.05) is 24.3 Å². The highest BCUT2D eigenvalue weighted by Crippen LogP contribution is 2.18. The minimum atomic E-state index is 0.0254. The molecule has 0 spiro atoms. The Labute approximate surface area is 170 Å². The summed E-state index contributed by atoms with van der Waals surface area (Å²) in [5.41, 5.74) is 2.52. The third-order valence-electron chi connectivity index (χ3n) is 4.50. The van der Waals surface area contributed by atoms with Crippen molar-refractivity contribution in [3.05, 3.63) is 77.6 Å². The summed E-state index contributed by atoms with van der Waals surface area (Å²) in [4.78, 5) is 12.1. The molecule has 0 saturated carbocycles. The van der Waals surface area contributed by atoms with Gasteiger partial charge in [-0.2, -0.15) is 0 Å². The maximum Gasteiger partial charge on any atom is 0.230 e. The predicted molar refractivity (Wildman–Crippen MR) is 113 cm³/mol. The van der Waals surface area contributed by atoms with Gasteiger partial charge in [0.15, 0.2) is 5.16 Å². The van der Waals surface area contributed by atoms with E-state index in [1.165, 1.54) is 22.9 Å². The number of hydrogen-bond donors (Lipinski definition) is 1.